The standard InChI is InChI=1S/C15H20N4OS.ClH/c1-10(2)15-19-18-14(21-15)9-17-13(20)8-7-11-5-3-4-6-12(11)16;/h3-6,10H,7-9,16H2,1-2H3,(H,17,20);1H. The fourth-order valence-electron chi connectivity index (χ4n) is 1.84. The van der Waals surface area contributed by atoms with E-state index in [0.717, 1.165) is 21.3 Å². The van der Waals surface area contributed by atoms with Crippen LogP contribution in [0.2, 0.25) is 0 Å². The highest BCUT2D eigenvalue weighted by molar-refractivity contribution is 7.11. The number of carbonyl (C=O) groups is 1. The van der Waals surface area contributed by atoms with E-state index >= 15 is 0 Å². The van der Waals surface area contributed by atoms with E-state index in [1.807, 2.05) is 24.3 Å². The zero-order valence-electron chi connectivity index (χ0n) is 12.7. The third-order valence-corrected chi connectivity index (χ3v) is 4.31. The number of nitrogens with one attached hydrogen (secondary N) is 1. The summed E-state index contributed by atoms with van der Waals surface area (Å²) in [4.78, 5) is 11.8. The number of hydrogen-bond acceptors (Lipinski definition) is 5. The fourth-order valence-corrected chi connectivity index (χ4v) is 2.63. The topological polar surface area (TPSA) is 80.9 Å². The third-order valence-electron chi connectivity index (χ3n) is 3.09. The molecule has 1 amide bonds. The highest BCUT2D eigenvalue weighted by atomic mass is 35.5. The second-order valence-corrected chi connectivity index (χ2v) is 6.26. The van der Waals surface area contributed by atoms with Gasteiger partial charge in [0.05, 0.1) is 6.54 Å². The largest absolute Gasteiger partial charge is 0.399 e. The number of rotatable bonds is 6. The Morgan fingerprint density at radius 2 is 2.05 bits per heavy atom. The molecule has 0 spiro atoms. The van der Waals surface area contributed by atoms with Crippen LogP contribution in [0.25, 0.3) is 0 Å². The predicted octanol–water partition coefficient (Wildman–Crippen LogP) is 2.91. The molecule has 3 N–H and O–H groups in total. The molecule has 0 radical (unpaired) electrons. The van der Waals surface area contributed by atoms with E-state index in [4.69, 9.17) is 5.73 Å². The summed E-state index contributed by atoms with van der Waals surface area (Å²) in [5, 5.41) is 12.9. The number of aryl methyl sites for hydroxylation is 1. The summed E-state index contributed by atoms with van der Waals surface area (Å²) in [6.45, 7) is 4.59. The van der Waals surface area contributed by atoms with Gasteiger partial charge in [0.1, 0.15) is 10.0 Å². The summed E-state index contributed by atoms with van der Waals surface area (Å²) >= 11 is 1.54. The summed E-state index contributed by atoms with van der Waals surface area (Å²) in [7, 11) is 0. The number of benzene rings is 1. The molecule has 120 valence electrons. The smallest absolute Gasteiger partial charge is 0.220 e. The molecule has 2 rings (SSSR count). The first-order valence-electron chi connectivity index (χ1n) is 6.98. The SMILES string of the molecule is CC(C)c1nnc(CNC(=O)CCc2ccccc2N)s1.Cl. The number of nitrogen functional groups attached to an aromatic ring is 1. The summed E-state index contributed by atoms with van der Waals surface area (Å²) in [5.41, 5.74) is 7.59. The highest BCUT2D eigenvalue weighted by Crippen LogP contribution is 2.18. The second-order valence-electron chi connectivity index (χ2n) is 5.16. The van der Waals surface area contributed by atoms with Crippen molar-refractivity contribution in [2.75, 3.05) is 5.73 Å². The average Bonchev–Trinajstić information content (AvgIpc) is 2.93. The van der Waals surface area contributed by atoms with Gasteiger partial charge < -0.3 is 11.1 Å². The number of amides is 1. The Morgan fingerprint density at radius 1 is 1.32 bits per heavy atom. The maximum atomic E-state index is 11.8. The second kappa shape index (κ2) is 8.70. The lowest BCUT2D eigenvalue weighted by molar-refractivity contribution is -0.121. The zero-order valence-corrected chi connectivity index (χ0v) is 14.3. The van der Waals surface area contributed by atoms with Gasteiger partial charge in [-0.3, -0.25) is 4.79 Å². The summed E-state index contributed by atoms with van der Waals surface area (Å²) < 4.78 is 0. The van der Waals surface area contributed by atoms with Crippen molar-refractivity contribution in [1.82, 2.24) is 15.5 Å². The van der Waals surface area contributed by atoms with Crippen LogP contribution in [-0.2, 0) is 17.8 Å². The van der Waals surface area contributed by atoms with Gasteiger partial charge in [-0.05, 0) is 18.1 Å². The van der Waals surface area contributed by atoms with Crippen LogP contribution in [0.15, 0.2) is 24.3 Å². The summed E-state index contributed by atoms with van der Waals surface area (Å²) in [5.74, 6) is 0.368. The van der Waals surface area contributed by atoms with Crippen molar-refractivity contribution in [3.8, 4) is 0 Å². The number of halogens is 1. The van der Waals surface area contributed by atoms with E-state index in [1.54, 1.807) is 11.3 Å². The van der Waals surface area contributed by atoms with E-state index < -0.39 is 0 Å². The van der Waals surface area contributed by atoms with Gasteiger partial charge in [0.2, 0.25) is 5.91 Å². The van der Waals surface area contributed by atoms with Gasteiger partial charge in [-0.15, -0.1) is 22.6 Å². The predicted molar refractivity (Wildman–Crippen MR) is 92.3 cm³/mol. The van der Waals surface area contributed by atoms with Crippen LogP contribution < -0.4 is 11.1 Å². The van der Waals surface area contributed by atoms with Crippen molar-refractivity contribution in [2.24, 2.45) is 0 Å². The van der Waals surface area contributed by atoms with Gasteiger partial charge in [0.15, 0.2) is 0 Å². The molecule has 0 aliphatic rings. The average molecular weight is 341 g/mol. The number of nitrogens with two attached hydrogens (primary N) is 1. The van der Waals surface area contributed by atoms with E-state index in [9.17, 15) is 4.79 Å². The molecule has 1 heterocycles. The monoisotopic (exact) mass is 340 g/mol. The Hall–Kier alpha value is -1.66. The molecular formula is C15H21ClN4OS. The van der Waals surface area contributed by atoms with Crippen LogP contribution in [-0.4, -0.2) is 16.1 Å². The number of anilines is 1. The lowest BCUT2D eigenvalue weighted by atomic mass is 10.1. The van der Waals surface area contributed by atoms with Crippen LogP contribution in [0.3, 0.4) is 0 Å². The Balaban J connectivity index is 0.00000242. The first-order valence-corrected chi connectivity index (χ1v) is 7.80. The molecule has 2 aromatic rings. The van der Waals surface area contributed by atoms with Gasteiger partial charge >= 0.3 is 0 Å². The molecule has 0 atom stereocenters. The van der Waals surface area contributed by atoms with Crippen molar-refractivity contribution in [3.63, 3.8) is 0 Å². The number of carbonyl (C=O) groups excluding carboxylic acids is 1. The number of hydrogen-bond donors (Lipinski definition) is 2. The number of aromatic nitrogens is 2. The molecule has 0 fully saturated rings. The van der Waals surface area contributed by atoms with Gasteiger partial charge in [0, 0.05) is 18.0 Å². The van der Waals surface area contributed by atoms with Gasteiger partial charge in [-0.1, -0.05) is 43.4 Å². The normalized spacial score (nSPS) is 10.3. The Bertz CT molecular complexity index is 615. The van der Waals surface area contributed by atoms with Crippen LogP contribution in [0, 0.1) is 0 Å². The molecule has 7 heteroatoms. The minimum Gasteiger partial charge on any atom is -0.399 e. The zero-order chi connectivity index (χ0) is 15.2. The molecule has 5 nitrogen and oxygen atoms in total. The maximum Gasteiger partial charge on any atom is 0.220 e. The van der Waals surface area contributed by atoms with Crippen LogP contribution in [0.4, 0.5) is 5.69 Å². The van der Waals surface area contributed by atoms with E-state index in [0.29, 0.717) is 25.3 Å². The first-order chi connectivity index (χ1) is 10.1. The first kappa shape index (κ1) is 18.4. The van der Waals surface area contributed by atoms with Crippen molar-refractivity contribution < 1.29 is 4.79 Å². The Morgan fingerprint density at radius 3 is 2.68 bits per heavy atom. The molecular weight excluding hydrogens is 320 g/mol. The lowest BCUT2D eigenvalue weighted by Crippen LogP contribution is -2.23. The molecule has 1 aromatic carbocycles. The molecule has 0 bridgehead atoms. The molecule has 1 aromatic heterocycles. The fraction of sp³-hybridized carbons (Fsp3) is 0.400. The molecule has 0 saturated carbocycles. The third kappa shape index (κ3) is 5.27. The molecule has 0 unspecified atom stereocenters. The minimum atomic E-state index is -0.000417. The van der Waals surface area contributed by atoms with E-state index in [-0.39, 0.29) is 18.3 Å². The van der Waals surface area contributed by atoms with Crippen molar-refractivity contribution in [1.29, 1.82) is 0 Å². The van der Waals surface area contributed by atoms with Gasteiger partial charge in [-0.2, -0.15) is 0 Å². The van der Waals surface area contributed by atoms with Crippen LogP contribution >= 0.6 is 23.7 Å². The Labute approximate surface area is 140 Å². The highest BCUT2D eigenvalue weighted by Gasteiger charge is 2.09. The van der Waals surface area contributed by atoms with Crippen LogP contribution in [0.5, 0.6) is 0 Å². The Kier molecular flexibility index (Phi) is 7.27. The van der Waals surface area contributed by atoms with Crippen molar-refractivity contribution >= 4 is 35.3 Å². The van der Waals surface area contributed by atoms with Gasteiger partial charge in [-0.25, -0.2) is 0 Å². The van der Waals surface area contributed by atoms with Crippen LogP contribution in [0.1, 0.15) is 41.8 Å². The van der Waals surface area contributed by atoms with Crippen molar-refractivity contribution in [3.05, 3.63) is 39.8 Å². The lowest BCUT2D eigenvalue weighted by Gasteiger charge is -2.05. The minimum absolute atomic E-state index is 0. The van der Waals surface area contributed by atoms with Gasteiger partial charge in [0.25, 0.3) is 0 Å². The van der Waals surface area contributed by atoms with Crippen molar-refractivity contribution in [2.45, 2.75) is 39.2 Å². The molecule has 0 aliphatic heterocycles. The summed E-state index contributed by atoms with van der Waals surface area (Å²) in [6.07, 6.45) is 1.07. The maximum absolute atomic E-state index is 11.8. The van der Waals surface area contributed by atoms with E-state index in [2.05, 4.69) is 29.4 Å². The van der Waals surface area contributed by atoms with E-state index in [1.165, 1.54) is 0 Å². The molecule has 0 aliphatic carbocycles. The number of para-hydroxylation sites is 1. The number of nitrogens with zero attached hydrogens (tertiary/aromatic N) is 2. The molecule has 0 saturated heterocycles. The molecule has 22 heavy (non-hydrogen) atoms. The quantitative estimate of drug-likeness (QED) is 0.792. The summed E-state index contributed by atoms with van der Waals surface area (Å²) in [6, 6.07) is 7.61.